The second-order valence-electron chi connectivity index (χ2n) is 5.68. The third-order valence-electron chi connectivity index (χ3n) is 4.06. The molecular formula is C16H28N2. The lowest BCUT2D eigenvalue weighted by Crippen LogP contribution is -2.15. The van der Waals surface area contributed by atoms with E-state index in [1.54, 1.807) is 0 Å². The summed E-state index contributed by atoms with van der Waals surface area (Å²) in [5, 5.41) is 3.41. The van der Waals surface area contributed by atoms with Crippen LogP contribution in [0.25, 0.3) is 0 Å². The van der Waals surface area contributed by atoms with Gasteiger partial charge >= 0.3 is 0 Å². The minimum absolute atomic E-state index is 0.290. The lowest BCUT2D eigenvalue weighted by atomic mass is 9.87. The normalized spacial score (nSPS) is 27.6. The minimum Gasteiger partial charge on any atom is -0.284 e. The van der Waals surface area contributed by atoms with Crippen LogP contribution in [0.4, 0.5) is 0 Å². The molecule has 2 nitrogen and oxygen atoms in total. The van der Waals surface area contributed by atoms with Crippen molar-refractivity contribution >= 4 is 6.21 Å². The molecule has 1 aliphatic rings. The fourth-order valence-corrected chi connectivity index (χ4v) is 2.13. The Bertz CT molecular complexity index is 328. The molecule has 0 aromatic carbocycles. The monoisotopic (exact) mass is 248 g/mol. The molecule has 1 saturated heterocycles. The van der Waals surface area contributed by atoms with Gasteiger partial charge in [-0.2, -0.15) is 0 Å². The van der Waals surface area contributed by atoms with Gasteiger partial charge in [0.05, 0.1) is 6.04 Å². The molecule has 1 rings (SSSR count). The summed E-state index contributed by atoms with van der Waals surface area (Å²) < 4.78 is 0. The van der Waals surface area contributed by atoms with E-state index in [1.165, 1.54) is 5.57 Å². The Morgan fingerprint density at radius 2 is 2.00 bits per heavy atom. The lowest BCUT2D eigenvalue weighted by Gasteiger charge is -2.19. The maximum Gasteiger partial charge on any atom is 0.119 e. The Balaban J connectivity index is 2.47. The second-order valence-corrected chi connectivity index (χ2v) is 5.68. The Kier molecular flexibility index (Phi) is 5.80. The molecule has 0 aliphatic carbocycles. The van der Waals surface area contributed by atoms with Crippen LogP contribution in [0.3, 0.4) is 0 Å². The van der Waals surface area contributed by atoms with E-state index in [9.17, 15) is 0 Å². The summed E-state index contributed by atoms with van der Waals surface area (Å²) in [7, 11) is 0. The molecule has 0 spiro atoms. The first-order chi connectivity index (χ1) is 8.51. The van der Waals surface area contributed by atoms with Gasteiger partial charge in [-0.1, -0.05) is 58.9 Å². The maximum atomic E-state index is 4.66. The van der Waals surface area contributed by atoms with Gasteiger partial charge in [-0.25, -0.2) is 0 Å². The van der Waals surface area contributed by atoms with Crippen molar-refractivity contribution in [1.29, 1.82) is 0 Å². The largest absolute Gasteiger partial charge is 0.284 e. The zero-order chi connectivity index (χ0) is 13.7. The van der Waals surface area contributed by atoms with E-state index in [4.69, 9.17) is 0 Å². The van der Waals surface area contributed by atoms with Crippen LogP contribution in [-0.4, -0.2) is 18.4 Å². The van der Waals surface area contributed by atoms with E-state index in [0.717, 1.165) is 6.42 Å². The summed E-state index contributed by atoms with van der Waals surface area (Å²) in [5.74, 6) is 1.93. The molecular weight excluding hydrogens is 220 g/mol. The SMILES string of the molecule is C=C/C=C(\CC)C1NC1N=CC(C)[C@H](C)C(C)C. The van der Waals surface area contributed by atoms with Crippen LogP contribution < -0.4 is 5.32 Å². The molecule has 0 bridgehead atoms. The zero-order valence-corrected chi connectivity index (χ0v) is 12.5. The summed E-state index contributed by atoms with van der Waals surface area (Å²) in [6, 6.07) is 0.436. The lowest BCUT2D eigenvalue weighted by molar-refractivity contribution is 0.362. The van der Waals surface area contributed by atoms with Crippen molar-refractivity contribution in [3.8, 4) is 0 Å². The molecule has 0 aromatic rings. The standard InChI is InChI=1S/C16H28N2/c1-7-9-14(8-2)15-16(18-15)17-10-12(5)13(6)11(3)4/h7,9-13,15-16,18H,1,8H2,2-6H3/b14-9+,17-10?/t12?,13-,15?,16?/m1/s1. The van der Waals surface area contributed by atoms with Crippen LogP contribution in [0.15, 0.2) is 29.3 Å². The van der Waals surface area contributed by atoms with Crippen LogP contribution in [0, 0.1) is 17.8 Å². The molecule has 0 amide bonds. The minimum atomic E-state index is 0.290. The topological polar surface area (TPSA) is 34.3 Å². The Labute approximate surface area is 112 Å². The molecule has 2 heteroatoms. The van der Waals surface area contributed by atoms with Crippen LogP contribution in [0.1, 0.15) is 41.0 Å². The van der Waals surface area contributed by atoms with Crippen molar-refractivity contribution < 1.29 is 0 Å². The van der Waals surface area contributed by atoms with Crippen molar-refractivity contribution in [2.45, 2.75) is 53.2 Å². The molecule has 1 heterocycles. The van der Waals surface area contributed by atoms with E-state index >= 15 is 0 Å². The van der Waals surface area contributed by atoms with Gasteiger partial charge in [0.15, 0.2) is 0 Å². The molecule has 0 radical (unpaired) electrons. The number of allylic oxidation sites excluding steroid dienone is 2. The number of nitrogens with zero attached hydrogens (tertiary/aromatic N) is 1. The molecule has 0 aromatic heterocycles. The van der Waals surface area contributed by atoms with Gasteiger partial charge in [0, 0.05) is 6.21 Å². The van der Waals surface area contributed by atoms with Gasteiger partial charge in [-0.3, -0.25) is 10.3 Å². The highest BCUT2D eigenvalue weighted by Crippen LogP contribution is 2.24. The molecule has 3 unspecified atom stereocenters. The Morgan fingerprint density at radius 1 is 1.33 bits per heavy atom. The first-order valence-corrected chi connectivity index (χ1v) is 7.12. The molecule has 102 valence electrons. The van der Waals surface area contributed by atoms with Gasteiger partial charge in [0.1, 0.15) is 6.17 Å². The van der Waals surface area contributed by atoms with Crippen LogP contribution >= 0.6 is 0 Å². The van der Waals surface area contributed by atoms with Gasteiger partial charge in [-0.05, 0) is 24.2 Å². The van der Waals surface area contributed by atoms with E-state index in [0.29, 0.717) is 23.8 Å². The fourth-order valence-electron chi connectivity index (χ4n) is 2.13. The van der Waals surface area contributed by atoms with E-state index in [1.807, 2.05) is 6.08 Å². The molecule has 0 saturated carbocycles. The van der Waals surface area contributed by atoms with Gasteiger partial charge in [-0.15, -0.1) is 0 Å². The summed E-state index contributed by atoms with van der Waals surface area (Å²) in [4.78, 5) is 4.66. The molecule has 18 heavy (non-hydrogen) atoms. The number of rotatable bonds is 7. The number of aliphatic imine (C=N–C) groups is 1. The van der Waals surface area contributed by atoms with E-state index in [2.05, 4.69) is 63.8 Å². The molecule has 4 atom stereocenters. The molecule has 1 N–H and O–H groups in total. The molecule has 1 aliphatic heterocycles. The predicted molar refractivity (Wildman–Crippen MR) is 80.9 cm³/mol. The van der Waals surface area contributed by atoms with Crippen LogP contribution in [0.5, 0.6) is 0 Å². The van der Waals surface area contributed by atoms with Crippen molar-refractivity contribution in [2.24, 2.45) is 22.7 Å². The first-order valence-electron chi connectivity index (χ1n) is 7.12. The van der Waals surface area contributed by atoms with E-state index in [-0.39, 0.29) is 6.17 Å². The summed E-state index contributed by atoms with van der Waals surface area (Å²) in [6.07, 6.45) is 7.45. The average Bonchev–Trinajstić information content (AvgIpc) is 3.11. The number of nitrogens with one attached hydrogen (secondary N) is 1. The highest BCUT2D eigenvalue weighted by molar-refractivity contribution is 5.61. The van der Waals surface area contributed by atoms with Gasteiger partial charge < -0.3 is 0 Å². The van der Waals surface area contributed by atoms with Crippen molar-refractivity contribution in [3.05, 3.63) is 24.3 Å². The third kappa shape index (κ3) is 4.09. The molecule has 1 fully saturated rings. The summed E-state index contributed by atoms with van der Waals surface area (Å²) in [6.45, 7) is 15.0. The quantitative estimate of drug-likeness (QED) is 0.415. The zero-order valence-electron chi connectivity index (χ0n) is 12.5. The van der Waals surface area contributed by atoms with Crippen molar-refractivity contribution in [1.82, 2.24) is 5.32 Å². The maximum absolute atomic E-state index is 4.66. The Morgan fingerprint density at radius 3 is 2.50 bits per heavy atom. The summed E-state index contributed by atoms with van der Waals surface area (Å²) in [5.41, 5.74) is 1.40. The smallest absolute Gasteiger partial charge is 0.119 e. The summed E-state index contributed by atoms with van der Waals surface area (Å²) >= 11 is 0. The highest BCUT2D eigenvalue weighted by Gasteiger charge is 2.37. The van der Waals surface area contributed by atoms with Crippen LogP contribution in [-0.2, 0) is 0 Å². The highest BCUT2D eigenvalue weighted by atomic mass is 15.3. The number of hydrogen-bond acceptors (Lipinski definition) is 2. The number of hydrogen-bond donors (Lipinski definition) is 1. The fraction of sp³-hybridized carbons (Fsp3) is 0.688. The second kappa shape index (κ2) is 6.89. The third-order valence-corrected chi connectivity index (χ3v) is 4.06. The van der Waals surface area contributed by atoms with Crippen LogP contribution in [0.2, 0.25) is 0 Å². The van der Waals surface area contributed by atoms with Gasteiger partial charge in [0.2, 0.25) is 0 Å². The predicted octanol–water partition coefficient (Wildman–Crippen LogP) is 3.81. The van der Waals surface area contributed by atoms with Crippen molar-refractivity contribution in [3.63, 3.8) is 0 Å². The van der Waals surface area contributed by atoms with Gasteiger partial charge in [0.25, 0.3) is 0 Å². The first kappa shape index (κ1) is 15.2. The van der Waals surface area contributed by atoms with E-state index < -0.39 is 0 Å². The van der Waals surface area contributed by atoms with Crippen molar-refractivity contribution in [2.75, 3.05) is 0 Å². The average molecular weight is 248 g/mol. The Hall–Kier alpha value is -0.890.